The summed E-state index contributed by atoms with van der Waals surface area (Å²) in [4.78, 5) is 20.1. The molecule has 1 aromatic rings. The van der Waals surface area contributed by atoms with Gasteiger partial charge in [0, 0.05) is 0 Å². The van der Waals surface area contributed by atoms with E-state index in [0.29, 0.717) is 0 Å². The molecule has 0 aliphatic heterocycles. The molecule has 0 bridgehead atoms. The summed E-state index contributed by atoms with van der Waals surface area (Å²) < 4.78 is 7.93. The molecule has 8 heteroatoms. The third-order valence-corrected chi connectivity index (χ3v) is 39.5. The molecular weight excluding hydrogens is 822 g/mol. The van der Waals surface area contributed by atoms with Crippen LogP contribution < -0.4 is 10.2 Å². The topological polar surface area (TPSA) is 109 Å². The van der Waals surface area contributed by atoms with Crippen molar-refractivity contribution in [3.05, 3.63) is 17.5 Å². The second kappa shape index (κ2) is 22.1. The van der Waals surface area contributed by atoms with Gasteiger partial charge >= 0.3 is 256 Å². The van der Waals surface area contributed by atoms with Gasteiger partial charge < -0.3 is 19.8 Å². The van der Waals surface area contributed by atoms with E-state index in [1.54, 1.807) is 193 Å². The molecule has 7 rings (SSSR count). The normalized spacial score (nSPS) is 24.2. The van der Waals surface area contributed by atoms with Gasteiger partial charge in [0.1, 0.15) is 5.69 Å². The summed E-state index contributed by atoms with van der Waals surface area (Å²) in [5.41, 5.74) is -0.839. The van der Waals surface area contributed by atoms with E-state index >= 15 is 0 Å². The second-order valence-corrected chi connectivity index (χ2v) is 36.4. The first-order valence-corrected chi connectivity index (χ1v) is 31.1. The predicted octanol–water partition coefficient (Wildman–Crippen LogP) is 10.1. The van der Waals surface area contributed by atoms with Crippen LogP contribution in [0.2, 0.25) is 23.6 Å². The number of aromatic carboxylic acids is 2. The van der Waals surface area contributed by atoms with Crippen LogP contribution in [0.1, 0.15) is 214 Å². The smallest absolute Gasteiger partial charge is 0.108 e. The summed E-state index contributed by atoms with van der Waals surface area (Å²) in [5.74, 6) is -3.04. The minimum Gasteiger partial charge on any atom is -0.543 e. The number of rotatable bonds is 8. The number of nitrogens with zero attached hydrogens (tertiary/aromatic N) is 1. The van der Waals surface area contributed by atoms with Gasteiger partial charge in [-0.25, -0.2) is 0 Å². The molecule has 6 fully saturated rings. The van der Waals surface area contributed by atoms with Crippen LogP contribution in [-0.4, -0.2) is 61.7 Å². The van der Waals surface area contributed by atoms with E-state index in [9.17, 15) is 19.8 Å². The molecule has 6 aliphatic rings. The van der Waals surface area contributed by atoms with Crippen molar-refractivity contribution in [2.24, 2.45) is 0 Å². The third-order valence-electron chi connectivity index (χ3n) is 13.5. The number of hydrogen-bond donors (Lipinski definition) is 1. The molecule has 1 aromatic heterocycles. The third kappa shape index (κ3) is 12.7. The fourth-order valence-corrected chi connectivity index (χ4v) is 41.0. The van der Waals surface area contributed by atoms with Crippen LogP contribution >= 0.6 is 0 Å². The van der Waals surface area contributed by atoms with Gasteiger partial charge in [-0.05, 0) is 6.07 Å². The van der Waals surface area contributed by atoms with Crippen molar-refractivity contribution >= 4 is 51.5 Å². The monoisotopic (exact) mass is 892 g/mol. The molecule has 49 heavy (non-hydrogen) atoms. The summed E-state index contributed by atoms with van der Waals surface area (Å²) >= 11 is -2.30. The van der Waals surface area contributed by atoms with Crippen molar-refractivity contribution in [2.45, 2.75) is 216 Å². The Morgan fingerprint density at radius 3 is 0.857 bits per heavy atom. The molecular formula is C41H68N2O4Sn2. The Labute approximate surface area is 313 Å². The van der Waals surface area contributed by atoms with Crippen molar-refractivity contribution in [3.63, 3.8) is 0 Å². The number of hydrogen-bond acceptors (Lipinski definition) is 5. The molecule has 1 heterocycles. The van der Waals surface area contributed by atoms with Gasteiger partial charge in [-0.1, -0.05) is 0 Å². The average Bonchev–Trinajstić information content (AvgIpc) is 3.67. The number of aromatic nitrogens is 2. The van der Waals surface area contributed by atoms with Crippen LogP contribution in [0.15, 0.2) is 6.07 Å². The van der Waals surface area contributed by atoms with Gasteiger partial charge in [0.15, 0.2) is 0 Å². The first-order chi connectivity index (χ1) is 24.0. The zero-order valence-corrected chi connectivity index (χ0v) is 36.5. The van der Waals surface area contributed by atoms with E-state index in [-0.39, 0.29) is 5.69 Å². The van der Waals surface area contributed by atoms with Crippen LogP contribution in [0.3, 0.4) is 0 Å². The standard InChI is InChI=1S/6C6H11.C5H4N2O4.2Sn/c6*1-2-4-6-5-3-1;8-4(9)2-1-3(5(10)11)7-6-2;;/h6*1H,2-6H2;1H,(H,6,7)(H,8,9)(H,10,11);;/q;;;;;;;2*+1/p-2. The molecule has 0 radical (unpaired) electrons. The Morgan fingerprint density at radius 1 is 0.449 bits per heavy atom. The van der Waals surface area contributed by atoms with Crippen molar-refractivity contribution in [3.8, 4) is 0 Å². The Bertz CT molecular complexity index is 909. The maximum absolute atomic E-state index is 10.0. The number of carbonyl (C=O) groups excluding carboxylic acids is 2. The van der Waals surface area contributed by atoms with Crippen LogP contribution in [0.5, 0.6) is 0 Å². The molecule has 1 N–H and O–H groups in total. The maximum atomic E-state index is 10.0. The van der Waals surface area contributed by atoms with Gasteiger partial charge in [0.2, 0.25) is 0 Å². The minimum absolute atomic E-state index is 0.385. The Kier molecular flexibility index (Phi) is 18.0. The van der Waals surface area contributed by atoms with Crippen LogP contribution in [-0.2, 0) is 0 Å². The summed E-state index contributed by atoms with van der Waals surface area (Å²) in [6.45, 7) is 0. The van der Waals surface area contributed by atoms with Crippen molar-refractivity contribution in [1.82, 2.24) is 10.2 Å². The molecule has 0 amide bonds. The summed E-state index contributed by atoms with van der Waals surface area (Å²) in [6, 6.07) is 0.824. The zero-order valence-electron chi connectivity index (χ0n) is 30.8. The molecule has 6 aliphatic carbocycles. The van der Waals surface area contributed by atoms with Gasteiger partial charge in [-0.15, -0.1) is 0 Å². The van der Waals surface area contributed by atoms with E-state index < -0.39 is 57.2 Å². The number of carboxylic acids is 2. The molecule has 6 saturated carbocycles. The van der Waals surface area contributed by atoms with E-state index in [4.69, 9.17) is 0 Å². The fraction of sp³-hybridized carbons (Fsp3) is 0.878. The SMILES string of the molecule is C1CC[CH]([Sn+]([CH]2CCCCC2)[CH]2CCCCC2)CC1.C1CC[CH]([Sn+]([CH]2CCCCC2)[CH]2CCCCC2)CC1.O=C([O-])c1cc(C(=O)[O-])[nH]n1. The zero-order chi connectivity index (χ0) is 34.3. The second-order valence-electron chi connectivity index (χ2n) is 16.8. The fourth-order valence-electron chi connectivity index (χ4n) is 11.1. The molecule has 0 saturated heterocycles. The summed E-state index contributed by atoms with van der Waals surface area (Å²) in [5, 5.41) is 25.2. The van der Waals surface area contributed by atoms with Crippen molar-refractivity contribution in [2.75, 3.05) is 0 Å². The van der Waals surface area contributed by atoms with Crippen LogP contribution in [0, 0.1) is 0 Å². The van der Waals surface area contributed by atoms with Gasteiger partial charge in [0.25, 0.3) is 0 Å². The molecule has 0 aromatic carbocycles. The number of carbonyl (C=O) groups is 2. The summed E-state index contributed by atoms with van der Waals surface area (Å²) in [6.07, 6.45) is 48.5. The quantitative estimate of drug-likeness (QED) is 0.262. The van der Waals surface area contributed by atoms with Crippen LogP contribution in [0.4, 0.5) is 0 Å². The van der Waals surface area contributed by atoms with Crippen molar-refractivity contribution < 1.29 is 19.8 Å². The Balaban J connectivity index is 0.000000149. The molecule has 0 unspecified atom stereocenters. The van der Waals surface area contributed by atoms with Crippen molar-refractivity contribution in [1.29, 1.82) is 0 Å². The average molecular weight is 890 g/mol. The van der Waals surface area contributed by atoms with E-state index in [0.717, 1.165) is 6.07 Å². The number of nitrogens with one attached hydrogen (secondary N) is 1. The molecule has 274 valence electrons. The van der Waals surface area contributed by atoms with E-state index in [2.05, 4.69) is 5.10 Å². The number of aromatic amines is 1. The number of H-pyrrole nitrogens is 1. The summed E-state index contributed by atoms with van der Waals surface area (Å²) in [7, 11) is 0. The maximum Gasteiger partial charge on any atom is 0.108 e. The van der Waals surface area contributed by atoms with E-state index in [1.165, 1.54) is 23.6 Å². The molecule has 6 nitrogen and oxygen atoms in total. The first-order valence-electron chi connectivity index (χ1n) is 21.2. The molecule has 0 atom stereocenters. The Morgan fingerprint density at radius 2 is 0.694 bits per heavy atom. The van der Waals surface area contributed by atoms with Gasteiger partial charge in [-0.2, -0.15) is 5.10 Å². The van der Waals surface area contributed by atoms with Gasteiger partial charge in [0.05, 0.1) is 17.6 Å². The first kappa shape index (κ1) is 39.9. The van der Waals surface area contributed by atoms with Crippen LogP contribution in [0.25, 0.3) is 0 Å². The van der Waals surface area contributed by atoms with Gasteiger partial charge in [-0.3, -0.25) is 5.10 Å². The Hall–Kier alpha value is -0.253. The largest absolute Gasteiger partial charge is 0.543 e. The number of carboxylic acid groups (broad SMARTS) is 2. The predicted molar refractivity (Wildman–Crippen MR) is 200 cm³/mol. The minimum atomic E-state index is -1.53. The van der Waals surface area contributed by atoms with E-state index in [1.807, 2.05) is 5.10 Å². The molecule has 0 spiro atoms.